The Bertz CT molecular complexity index is 1100. The van der Waals surface area contributed by atoms with E-state index < -0.39 is 5.91 Å². The van der Waals surface area contributed by atoms with Gasteiger partial charge in [-0.25, -0.2) is 0 Å². The minimum Gasteiger partial charge on any atom is -0.493 e. The Morgan fingerprint density at radius 3 is 2.26 bits per heavy atom. The second-order valence-electron chi connectivity index (χ2n) is 6.85. The summed E-state index contributed by atoms with van der Waals surface area (Å²) in [6.07, 6.45) is 2.21. The second kappa shape index (κ2) is 10.7. The average molecular weight is 412 g/mol. The molecule has 0 unspecified atom stereocenters. The fourth-order valence-electron chi connectivity index (χ4n) is 3.17. The zero-order valence-electron chi connectivity index (χ0n) is 17.6. The first kappa shape index (κ1) is 21.7. The van der Waals surface area contributed by atoms with Crippen molar-refractivity contribution in [2.24, 2.45) is 0 Å². The monoisotopic (exact) mass is 412 g/mol. The predicted molar refractivity (Wildman–Crippen MR) is 122 cm³/mol. The molecule has 0 heterocycles. The first-order valence-corrected chi connectivity index (χ1v) is 9.91. The molecule has 0 radical (unpaired) electrons. The van der Waals surface area contributed by atoms with Crippen LogP contribution in [0.2, 0.25) is 0 Å². The molecule has 0 atom stereocenters. The Morgan fingerprint density at radius 1 is 0.935 bits per heavy atom. The maximum atomic E-state index is 12.4. The Labute approximate surface area is 182 Å². The summed E-state index contributed by atoms with van der Waals surface area (Å²) in [5, 5.41) is 12.2. The molecule has 0 fully saturated rings. The van der Waals surface area contributed by atoms with E-state index in [4.69, 9.17) is 9.47 Å². The smallest absolute Gasteiger partial charge is 0.261 e. The quantitative estimate of drug-likeness (QED) is 0.432. The van der Waals surface area contributed by atoms with E-state index in [-0.39, 0.29) is 5.57 Å². The van der Waals surface area contributed by atoms with Gasteiger partial charge in [-0.1, -0.05) is 60.7 Å². The number of methoxy groups -OCH3 is 2. The first-order chi connectivity index (χ1) is 15.1. The molecule has 0 aromatic heterocycles. The molecule has 1 N–H and O–H groups in total. The molecule has 0 saturated carbocycles. The van der Waals surface area contributed by atoms with E-state index in [0.717, 1.165) is 22.3 Å². The number of rotatable bonds is 8. The highest BCUT2D eigenvalue weighted by molar-refractivity contribution is 6.01. The van der Waals surface area contributed by atoms with Crippen LogP contribution in [0.15, 0.2) is 78.4 Å². The molecule has 0 saturated heterocycles. The summed E-state index contributed by atoms with van der Waals surface area (Å²) in [4.78, 5) is 12.4. The predicted octanol–water partition coefficient (Wildman–Crippen LogP) is 4.64. The van der Waals surface area contributed by atoms with Crippen molar-refractivity contribution in [3.05, 3.63) is 89.5 Å². The van der Waals surface area contributed by atoms with Crippen molar-refractivity contribution in [1.29, 1.82) is 5.26 Å². The minimum absolute atomic E-state index is 0.0692. The molecular formula is C26H24N2O3. The van der Waals surface area contributed by atoms with E-state index in [2.05, 4.69) is 5.32 Å². The molecule has 0 aliphatic carbocycles. The van der Waals surface area contributed by atoms with Gasteiger partial charge < -0.3 is 14.8 Å². The van der Waals surface area contributed by atoms with Gasteiger partial charge in [0.15, 0.2) is 11.5 Å². The lowest BCUT2D eigenvalue weighted by atomic mass is 10.0. The van der Waals surface area contributed by atoms with Crippen LogP contribution in [0.25, 0.3) is 17.2 Å². The van der Waals surface area contributed by atoms with Gasteiger partial charge in [0.05, 0.1) is 14.2 Å². The molecule has 1 amide bonds. The zero-order chi connectivity index (χ0) is 22.1. The summed E-state index contributed by atoms with van der Waals surface area (Å²) in [6, 6.07) is 25.4. The van der Waals surface area contributed by atoms with E-state index in [0.29, 0.717) is 24.5 Å². The Kier molecular flexibility index (Phi) is 7.45. The van der Waals surface area contributed by atoms with Gasteiger partial charge in [0, 0.05) is 6.54 Å². The minimum atomic E-state index is -0.393. The largest absolute Gasteiger partial charge is 0.493 e. The van der Waals surface area contributed by atoms with Crippen LogP contribution in [0.1, 0.15) is 11.1 Å². The van der Waals surface area contributed by atoms with Crippen LogP contribution in [-0.4, -0.2) is 26.7 Å². The Hall–Kier alpha value is -4.04. The van der Waals surface area contributed by atoms with Gasteiger partial charge in [-0.05, 0) is 46.9 Å². The number of nitrogens with one attached hydrogen (secondary N) is 1. The Balaban J connectivity index is 1.61. The van der Waals surface area contributed by atoms with Gasteiger partial charge in [0.2, 0.25) is 0 Å². The molecule has 3 rings (SSSR count). The number of amides is 1. The number of carbonyl (C=O) groups excluding carboxylic acids is 1. The molecule has 0 aliphatic heterocycles. The zero-order valence-corrected chi connectivity index (χ0v) is 17.6. The molecule has 0 aliphatic rings. The van der Waals surface area contributed by atoms with Crippen LogP contribution < -0.4 is 14.8 Å². The van der Waals surface area contributed by atoms with Crippen LogP contribution in [0.4, 0.5) is 0 Å². The van der Waals surface area contributed by atoms with E-state index in [9.17, 15) is 10.1 Å². The Morgan fingerprint density at radius 2 is 1.61 bits per heavy atom. The number of hydrogen-bond acceptors (Lipinski definition) is 4. The van der Waals surface area contributed by atoms with Gasteiger partial charge >= 0.3 is 0 Å². The lowest BCUT2D eigenvalue weighted by Gasteiger charge is -2.10. The van der Waals surface area contributed by atoms with Gasteiger partial charge in [0.25, 0.3) is 5.91 Å². The lowest BCUT2D eigenvalue weighted by molar-refractivity contribution is -0.117. The van der Waals surface area contributed by atoms with E-state index >= 15 is 0 Å². The third-order valence-electron chi connectivity index (χ3n) is 4.84. The molecule has 5 heteroatoms. The summed E-state index contributed by atoms with van der Waals surface area (Å²) >= 11 is 0. The molecule has 0 spiro atoms. The third-order valence-corrected chi connectivity index (χ3v) is 4.84. The number of benzene rings is 3. The lowest BCUT2D eigenvalue weighted by Crippen LogP contribution is -2.26. The molecule has 156 valence electrons. The van der Waals surface area contributed by atoms with Crippen molar-refractivity contribution in [2.75, 3.05) is 20.8 Å². The highest BCUT2D eigenvalue weighted by Gasteiger charge is 2.10. The maximum Gasteiger partial charge on any atom is 0.261 e. The normalized spacial score (nSPS) is 10.8. The van der Waals surface area contributed by atoms with Crippen molar-refractivity contribution in [1.82, 2.24) is 5.32 Å². The summed E-state index contributed by atoms with van der Waals surface area (Å²) in [7, 11) is 3.17. The summed E-state index contributed by atoms with van der Waals surface area (Å²) in [6.45, 7) is 0.403. The standard InChI is InChI=1S/C26H24N2O3/c1-30-24-13-10-20(17-25(24)31-2)14-15-28-26(29)23(18-27)16-19-8-11-22(12-9-19)21-6-4-3-5-7-21/h3-13,16-17H,14-15H2,1-2H3,(H,28,29)/b23-16+. The summed E-state index contributed by atoms with van der Waals surface area (Å²) < 4.78 is 10.5. The maximum absolute atomic E-state index is 12.4. The number of carbonyl (C=O) groups is 1. The molecule has 3 aromatic carbocycles. The third kappa shape index (κ3) is 5.74. The molecule has 5 nitrogen and oxygen atoms in total. The summed E-state index contributed by atoms with van der Waals surface area (Å²) in [5.74, 6) is 0.904. The van der Waals surface area contributed by atoms with Gasteiger partial charge in [-0.3, -0.25) is 4.79 Å². The topological polar surface area (TPSA) is 71.3 Å². The van der Waals surface area contributed by atoms with Gasteiger partial charge in [-0.15, -0.1) is 0 Å². The van der Waals surface area contributed by atoms with Crippen molar-refractivity contribution in [3.8, 4) is 28.7 Å². The van der Waals surface area contributed by atoms with Crippen LogP contribution in [0.3, 0.4) is 0 Å². The van der Waals surface area contributed by atoms with Gasteiger partial charge in [-0.2, -0.15) is 5.26 Å². The average Bonchev–Trinajstić information content (AvgIpc) is 2.83. The fourth-order valence-corrected chi connectivity index (χ4v) is 3.17. The van der Waals surface area contributed by atoms with Crippen molar-refractivity contribution < 1.29 is 14.3 Å². The van der Waals surface area contributed by atoms with Crippen molar-refractivity contribution in [2.45, 2.75) is 6.42 Å². The van der Waals surface area contributed by atoms with E-state index in [1.165, 1.54) is 0 Å². The summed E-state index contributed by atoms with van der Waals surface area (Å²) in [5.41, 5.74) is 4.06. The number of hydrogen-bond donors (Lipinski definition) is 1. The highest BCUT2D eigenvalue weighted by atomic mass is 16.5. The van der Waals surface area contributed by atoms with Crippen molar-refractivity contribution >= 4 is 12.0 Å². The van der Waals surface area contributed by atoms with Gasteiger partial charge in [0.1, 0.15) is 11.6 Å². The molecular weight excluding hydrogens is 388 g/mol. The number of ether oxygens (including phenoxy) is 2. The van der Waals surface area contributed by atoms with E-state index in [1.807, 2.05) is 78.9 Å². The molecule has 0 bridgehead atoms. The van der Waals surface area contributed by atoms with E-state index in [1.54, 1.807) is 20.3 Å². The van der Waals surface area contributed by atoms with Crippen molar-refractivity contribution in [3.63, 3.8) is 0 Å². The SMILES string of the molecule is COc1ccc(CCNC(=O)/C(C#N)=C/c2ccc(-c3ccccc3)cc2)cc1OC. The highest BCUT2D eigenvalue weighted by Crippen LogP contribution is 2.27. The first-order valence-electron chi connectivity index (χ1n) is 9.91. The molecule has 3 aromatic rings. The number of nitriles is 1. The van der Waals surface area contributed by atoms with Crippen LogP contribution in [0, 0.1) is 11.3 Å². The van der Waals surface area contributed by atoms with Crippen LogP contribution in [-0.2, 0) is 11.2 Å². The van der Waals surface area contributed by atoms with Crippen LogP contribution >= 0.6 is 0 Å². The fraction of sp³-hybridized carbons (Fsp3) is 0.154. The van der Waals surface area contributed by atoms with Crippen LogP contribution in [0.5, 0.6) is 11.5 Å². The number of nitrogens with zero attached hydrogens (tertiary/aromatic N) is 1. The molecule has 31 heavy (non-hydrogen) atoms. The second-order valence-corrected chi connectivity index (χ2v) is 6.85.